The number of nitrogens with zero attached hydrogens (tertiary/aromatic N) is 2. The molecule has 1 heterocycles. The van der Waals surface area contributed by atoms with Crippen molar-refractivity contribution in [2.45, 2.75) is 37.7 Å². The number of hydrogen-bond donors (Lipinski definition) is 2. The predicted molar refractivity (Wildman–Crippen MR) is 73.3 cm³/mol. The van der Waals surface area contributed by atoms with E-state index in [1.807, 2.05) is 13.2 Å². The zero-order valence-electron chi connectivity index (χ0n) is 11.3. The summed E-state index contributed by atoms with van der Waals surface area (Å²) < 4.78 is 1.68. The van der Waals surface area contributed by atoms with E-state index in [-0.39, 0.29) is 5.91 Å². The van der Waals surface area contributed by atoms with Crippen LogP contribution in [0, 0.1) is 0 Å². The summed E-state index contributed by atoms with van der Waals surface area (Å²) in [7, 11) is 1.83. The van der Waals surface area contributed by atoms with Gasteiger partial charge in [-0.05, 0) is 18.9 Å². The second-order valence-electron chi connectivity index (χ2n) is 5.28. The standard InChI is InChI=1S/C14H21N3O2/c1-17-10-12(9-16-17)5-6-13(18)15-11-14(19)7-3-2-4-8-14/h5-6,9-10,19H,2-4,7-8,11H2,1H3,(H,15,18). The molecular weight excluding hydrogens is 242 g/mol. The fourth-order valence-corrected chi connectivity index (χ4v) is 2.40. The van der Waals surface area contributed by atoms with Crippen LogP contribution in [0.1, 0.15) is 37.7 Å². The molecule has 5 nitrogen and oxygen atoms in total. The zero-order chi connectivity index (χ0) is 13.7. The van der Waals surface area contributed by atoms with Crippen LogP contribution >= 0.6 is 0 Å². The van der Waals surface area contributed by atoms with Crippen molar-refractivity contribution in [3.8, 4) is 0 Å². The first-order valence-electron chi connectivity index (χ1n) is 6.74. The van der Waals surface area contributed by atoms with Crippen LogP contribution in [-0.2, 0) is 11.8 Å². The predicted octanol–water partition coefficient (Wildman–Crippen LogP) is 1.24. The van der Waals surface area contributed by atoms with E-state index in [4.69, 9.17) is 0 Å². The summed E-state index contributed by atoms with van der Waals surface area (Å²) in [4.78, 5) is 11.7. The zero-order valence-corrected chi connectivity index (χ0v) is 11.3. The van der Waals surface area contributed by atoms with Gasteiger partial charge in [-0.25, -0.2) is 0 Å². The Labute approximate surface area is 113 Å². The SMILES string of the molecule is Cn1cc(C=CC(=O)NCC2(O)CCCCC2)cn1. The van der Waals surface area contributed by atoms with Crippen LogP contribution in [0.5, 0.6) is 0 Å². The molecule has 2 rings (SSSR count). The third-order valence-electron chi connectivity index (χ3n) is 3.53. The highest BCUT2D eigenvalue weighted by Gasteiger charge is 2.29. The Bertz CT molecular complexity index is 459. The molecule has 1 aliphatic carbocycles. The molecule has 1 aromatic rings. The Morgan fingerprint density at radius 3 is 2.89 bits per heavy atom. The van der Waals surface area contributed by atoms with Crippen LogP contribution < -0.4 is 5.32 Å². The first-order chi connectivity index (χ1) is 9.07. The van der Waals surface area contributed by atoms with Crippen molar-refractivity contribution in [1.82, 2.24) is 15.1 Å². The van der Waals surface area contributed by atoms with E-state index in [1.54, 1.807) is 17.0 Å². The number of aliphatic hydroxyl groups is 1. The minimum absolute atomic E-state index is 0.178. The molecule has 1 aliphatic rings. The van der Waals surface area contributed by atoms with Gasteiger partial charge in [0, 0.05) is 31.4 Å². The van der Waals surface area contributed by atoms with Gasteiger partial charge in [0.25, 0.3) is 0 Å². The topological polar surface area (TPSA) is 67.2 Å². The highest BCUT2D eigenvalue weighted by atomic mass is 16.3. The Morgan fingerprint density at radius 2 is 2.26 bits per heavy atom. The highest BCUT2D eigenvalue weighted by Crippen LogP contribution is 2.27. The Kier molecular flexibility index (Phi) is 4.37. The average molecular weight is 263 g/mol. The lowest BCUT2D eigenvalue weighted by Gasteiger charge is -2.31. The fraction of sp³-hybridized carbons (Fsp3) is 0.571. The molecule has 19 heavy (non-hydrogen) atoms. The largest absolute Gasteiger partial charge is 0.388 e. The van der Waals surface area contributed by atoms with Gasteiger partial charge in [-0.15, -0.1) is 0 Å². The molecule has 5 heteroatoms. The second-order valence-corrected chi connectivity index (χ2v) is 5.28. The van der Waals surface area contributed by atoms with Gasteiger partial charge in [-0.1, -0.05) is 19.3 Å². The number of amides is 1. The summed E-state index contributed by atoms with van der Waals surface area (Å²) in [6, 6.07) is 0. The van der Waals surface area contributed by atoms with Crippen molar-refractivity contribution in [3.05, 3.63) is 24.0 Å². The van der Waals surface area contributed by atoms with Gasteiger partial charge in [-0.2, -0.15) is 5.10 Å². The van der Waals surface area contributed by atoms with Gasteiger partial charge in [0.15, 0.2) is 0 Å². The van der Waals surface area contributed by atoms with E-state index in [2.05, 4.69) is 10.4 Å². The summed E-state index contributed by atoms with van der Waals surface area (Å²) in [5.74, 6) is -0.178. The number of nitrogens with one attached hydrogen (secondary N) is 1. The Balaban J connectivity index is 1.79. The molecule has 0 saturated heterocycles. The number of aromatic nitrogens is 2. The van der Waals surface area contributed by atoms with E-state index < -0.39 is 5.60 Å². The summed E-state index contributed by atoms with van der Waals surface area (Å²) in [6.45, 7) is 0.337. The Morgan fingerprint density at radius 1 is 1.53 bits per heavy atom. The number of aryl methyl sites for hydroxylation is 1. The molecule has 0 aliphatic heterocycles. The summed E-state index contributed by atoms with van der Waals surface area (Å²) >= 11 is 0. The molecule has 0 unspecified atom stereocenters. The summed E-state index contributed by atoms with van der Waals surface area (Å²) in [5, 5.41) is 17.0. The van der Waals surface area contributed by atoms with Crippen molar-refractivity contribution in [1.29, 1.82) is 0 Å². The molecule has 1 amide bonds. The molecule has 0 aromatic carbocycles. The maximum Gasteiger partial charge on any atom is 0.244 e. The fourth-order valence-electron chi connectivity index (χ4n) is 2.40. The van der Waals surface area contributed by atoms with Crippen LogP contribution in [0.25, 0.3) is 6.08 Å². The highest BCUT2D eigenvalue weighted by molar-refractivity contribution is 5.91. The van der Waals surface area contributed by atoms with Gasteiger partial charge in [0.1, 0.15) is 0 Å². The Hall–Kier alpha value is -1.62. The van der Waals surface area contributed by atoms with Crippen molar-refractivity contribution in [2.24, 2.45) is 7.05 Å². The van der Waals surface area contributed by atoms with Crippen LogP contribution in [0.4, 0.5) is 0 Å². The van der Waals surface area contributed by atoms with E-state index in [0.717, 1.165) is 31.2 Å². The van der Waals surface area contributed by atoms with Crippen molar-refractivity contribution >= 4 is 12.0 Å². The smallest absolute Gasteiger partial charge is 0.244 e. The van der Waals surface area contributed by atoms with Crippen molar-refractivity contribution in [3.63, 3.8) is 0 Å². The van der Waals surface area contributed by atoms with Gasteiger partial charge < -0.3 is 10.4 Å². The first kappa shape index (κ1) is 13.8. The maximum atomic E-state index is 11.7. The van der Waals surface area contributed by atoms with Crippen LogP contribution in [0.3, 0.4) is 0 Å². The quantitative estimate of drug-likeness (QED) is 0.803. The molecule has 1 saturated carbocycles. The molecule has 1 fully saturated rings. The van der Waals surface area contributed by atoms with Crippen LogP contribution in [-0.4, -0.2) is 32.9 Å². The number of carbonyl (C=O) groups excluding carboxylic acids is 1. The summed E-state index contributed by atoms with van der Waals surface area (Å²) in [5.41, 5.74) is 0.171. The first-order valence-corrected chi connectivity index (χ1v) is 6.74. The normalized spacial score (nSPS) is 18.6. The third kappa shape index (κ3) is 4.21. The minimum Gasteiger partial charge on any atom is -0.388 e. The van der Waals surface area contributed by atoms with E-state index in [1.165, 1.54) is 12.5 Å². The molecule has 1 aromatic heterocycles. The number of rotatable bonds is 4. The second kappa shape index (κ2) is 6.02. The summed E-state index contributed by atoms with van der Waals surface area (Å²) in [6.07, 6.45) is 11.5. The lowest BCUT2D eigenvalue weighted by Crippen LogP contribution is -2.43. The van der Waals surface area contributed by atoms with Crippen molar-refractivity contribution in [2.75, 3.05) is 6.54 Å². The molecule has 0 atom stereocenters. The number of carbonyl (C=O) groups is 1. The van der Waals surface area contributed by atoms with Gasteiger partial charge >= 0.3 is 0 Å². The van der Waals surface area contributed by atoms with Gasteiger partial charge in [0.2, 0.25) is 5.91 Å². The van der Waals surface area contributed by atoms with Gasteiger partial charge in [0.05, 0.1) is 11.8 Å². The average Bonchev–Trinajstić information content (AvgIpc) is 2.81. The molecule has 2 N–H and O–H groups in total. The number of hydrogen-bond acceptors (Lipinski definition) is 3. The van der Waals surface area contributed by atoms with Crippen LogP contribution in [0.15, 0.2) is 18.5 Å². The molecule has 0 bridgehead atoms. The third-order valence-corrected chi connectivity index (χ3v) is 3.53. The monoisotopic (exact) mass is 263 g/mol. The molecular formula is C14H21N3O2. The lowest BCUT2D eigenvalue weighted by atomic mass is 9.85. The molecule has 0 spiro atoms. The van der Waals surface area contributed by atoms with E-state index in [9.17, 15) is 9.90 Å². The lowest BCUT2D eigenvalue weighted by molar-refractivity contribution is -0.118. The van der Waals surface area contributed by atoms with E-state index in [0.29, 0.717) is 6.54 Å². The van der Waals surface area contributed by atoms with E-state index >= 15 is 0 Å². The van der Waals surface area contributed by atoms with Crippen LogP contribution in [0.2, 0.25) is 0 Å². The minimum atomic E-state index is -0.712. The van der Waals surface area contributed by atoms with Gasteiger partial charge in [-0.3, -0.25) is 9.48 Å². The maximum absolute atomic E-state index is 11.7. The molecule has 104 valence electrons. The molecule has 0 radical (unpaired) electrons. The van der Waals surface area contributed by atoms with Crippen molar-refractivity contribution < 1.29 is 9.90 Å².